The van der Waals surface area contributed by atoms with Crippen LogP contribution in [0, 0.1) is 23.6 Å². The molecule has 0 aromatic heterocycles. The van der Waals surface area contributed by atoms with Gasteiger partial charge in [-0.1, -0.05) is 80.6 Å². The maximum absolute atomic E-state index is 14.2. The predicted molar refractivity (Wildman–Crippen MR) is 158 cm³/mol. The first-order chi connectivity index (χ1) is 19.7. The number of fused-ring (bicyclic) bond motifs is 1. The molecule has 1 aliphatic rings. The Balaban J connectivity index is 1.80. The average Bonchev–Trinajstić information content (AvgIpc) is 3.07. The number of carbonyl (C=O) groups is 3. The molecule has 0 aliphatic carbocycles. The molecular formula is C33H35FN4O3. The number of benzodiazepines with no additional fused rings is 1. The number of allylic oxidation sites excluding steroid dienone is 1. The van der Waals surface area contributed by atoms with Crippen molar-refractivity contribution in [1.29, 1.82) is 0 Å². The van der Waals surface area contributed by atoms with Crippen molar-refractivity contribution in [3.8, 4) is 0 Å². The van der Waals surface area contributed by atoms with E-state index in [4.69, 9.17) is 10.7 Å². The van der Waals surface area contributed by atoms with Gasteiger partial charge in [-0.15, -0.1) is 6.58 Å². The zero-order valence-electron chi connectivity index (χ0n) is 23.3. The largest absolute Gasteiger partial charge is 0.369 e. The number of nitrogens with two attached hydrogens (primary N) is 1. The summed E-state index contributed by atoms with van der Waals surface area (Å²) in [7, 11) is 0. The second-order valence-electron chi connectivity index (χ2n) is 10.6. The zero-order valence-corrected chi connectivity index (χ0v) is 23.3. The summed E-state index contributed by atoms with van der Waals surface area (Å²) in [6.07, 6.45) is 0.916. The van der Waals surface area contributed by atoms with Crippen molar-refractivity contribution >= 4 is 29.1 Å². The van der Waals surface area contributed by atoms with E-state index in [1.54, 1.807) is 23.1 Å². The van der Waals surface area contributed by atoms with E-state index in [9.17, 15) is 18.8 Å². The van der Waals surface area contributed by atoms with Gasteiger partial charge in [0.1, 0.15) is 5.82 Å². The fraction of sp³-hybridized carbons (Fsp3) is 0.273. The lowest BCUT2D eigenvalue weighted by molar-refractivity contribution is -0.135. The summed E-state index contributed by atoms with van der Waals surface area (Å²) in [6.45, 7) is 7.76. The molecule has 0 saturated heterocycles. The molecule has 8 heteroatoms. The van der Waals surface area contributed by atoms with Crippen molar-refractivity contribution in [1.82, 2.24) is 5.32 Å². The molecule has 4 rings (SSSR count). The number of halogens is 1. The topological polar surface area (TPSA) is 105 Å². The molecule has 3 aromatic rings. The second kappa shape index (κ2) is 13.2. The third-order valence-corrected chi connectivity index (χ3v) is 7.12. The van der Waals surface area contributed by atoms with Gasteiger partial charge in [-0.3, -0.25) is 14.4 Å². The molecule has 3 N–H and O–H groups in total. The number of carbonyl (C=O) groups excluding carboxylic acids is 3. The van der Waals surface area contributed by atoms with Crippen molar-refractivity contribution in [2.75, 3.05) is 4.90 Å². The Hall–Kier alpha value is -4.59. The van der Waals surface area contributed by atoms with Gasteiger partial charge in [-0.05, 0) is 42.5 Å². The van der Waals surface area contributed by atoms with Gasteiger partial charge in [0.25, 0.3) is 5.91 Å². The fourth-order valence-electron chi connectivity index (χ4n) is 5.15. The molecule has 41 heavy (non-hydrogen) atoms. The van der Waals surface area contributed by atoms with E-state index in [-0.39, 0.29) is 24.7 Å². The van der Waals surface area contributed by atoms with Crippen LogP contribution < -0.4 is 16.0 Å². The Morgan fingerprint density at radius 3 is 2.32 bits per heavy atom. The van der Waals surface area contributed by atoms with Crippen LogP contribution in [0.2, 0.25) is 0 Å². The number of rotatable bonds is 11. The number of para-hydroxylation sites is 1. The van der Waals surface area contributed by atoms with Crippen molar-refractivity contribution in [2.45, 2.75) is 39.4 Å². The van der Waals surface area contributed by atoms with Crippen LogP contribution >= 0.6 is 0 Å². The van der Waals surface area contributed by atoms with E-state index in [0.29, 0.717) is 28.9 Å². The van der Waals surface area contributed by atoms with Crippen LogP contribution in [0.1, 0.15) is 43.4 Å². The zero-order chi connectivity index (χ0) is 29.5. The van der Waals surface area contributed by atoms with Gasteiger partial charge in [0.05, 0.1) is 29.8 Å². The van der Waals surface area contributed by atoms with Gasteiger partial charge < -0.3 is 16.0 Å². The van der Waals surface area contributed by atoms with E-state index >= 15 is 0 Å². The summed E-state index contributed by atoms with van der Waals surface area (Å²) in [4.78, 5) is 46.7. The second-order valence-corrected chi connectivity index (χ2v) is 10.6. The number of benzene rings is 3. The van der Waals surface area contributed by atoms with Crippen LogP contribution in [-0.2, 0) is 20.9 Å². The molecule has 0 saturated carbocycles. The quantitative estimate of drug-likeness (QED) is 0.326. The highest BCUT2D eigenvalue weighted by molar-refractivity contribution is 6.20. The monoisotopic (exact) mass is 554 g/mol. The predicted octanol–water partition coefficient (Wildman–Crippen LogP) is 4.99. The Morgan fingerprint density at radius 2 is 1.68 bits per heavy atom. The molecule has 7 nitrogen and oxygen atoms in total. The summed E-state index contributed by atoms with van der Waals surface area (Å²) < 4.78 is 13.6. The van der Waals surface area contributed by atoms with Crippen LogP contribution in [0.15, 0.2) is 96.5 Å². The van der Waals surface area contributed by atoms with E-state index < -0.39 is 35.7 Å². The van der Waals surface area contributed by atoms with Crippen molar-refractivity contribution < 1.29 is 18.8 Å². The number of hydrogen-bond acceptors (Lipinski definition) is 4. The summed E-state index contributed by atoms with van der Waals surface area (Å²) in [6, 6.07) is 22.7. The molecule has 212 valence electrons. The highest BCUT2D eigenvalue weighted by Crippen LogP contribution is 2.30. The molecule has 0 bridgehead atoms. The highest BCUT2D eigenvalue weighted by Gasteiger charge is 2.37. The smallest absolute Gasteiger partial charge is 0.272 e. The molecular weight excluding hydrogens is 519 g/mol. The lowest BCUT2D eigenvalue weighted by Crippen LogP contribution is -2.50. The fourth-order valence-corrected chi connectivity index (χ4v) is 5.15. The molecule has 3 atom stereocenters. The Bertz CT molecular complexity index is 1440. The minimum absolute atomic E-state index is 0.0878. The van der Waals surface area contributed by atoms with Crippen molar-refractivity contribution in [3.63, 3.8) is 0 Å². The van der Waals surface area contributed by atoms with Crippen LogP contribution in [0.3, 0.4) is 0 Å². The SMILES string of the molecule is C=CCC(C(N)=O)C(CC(C)C)C(=O)NC1N=C(c2ccccc2)c2ccccc2N(Cc2ccc(F)cc2)C1=O. The molecule has 0 fully saturated rings. The van der Waals surface area contributed by atoms with Crippen molar-refractivity contribution in [2.24, 2.45) is 28.5 Å². The Morgan fingerprint density at radius 1 is 1.02 bits per heavy atom. The van der Waals surface area contributed by atoms with E-state index in [0.717, 1.165) is 5.56 Å². The van der Waals surface area contributed by atoms with E-state index in [1.165, 1.54) is 12.1 Å². The average molecular weight is 555 g/mol. The van der Waals surface area contributed by atoms with Crippen LogP contribution in [-0.4, -0.2) is 29.6 Å². The van der Waals surface area contributed by atoms with Crippen LogP contribution in [0.25, 0.3) is 0 Å². The molecule has 0 spiro atoms. The normalized spacial score (nSPS) is 16.3. The molecule has 3 amide bonds. The summed E-state index contributed by atoms with van der Waals surface area (Å²) in [5.74, 6) is -3.38. The van der Waals surface area contributed by atoms with Crippen LogP contribution in [0.5, 0.6) is 0 Å². The van der Waals surface area contributed by atoms with E-state index in [2.05, 4.69) is 11.9 Å². The lowest BCUT2D eigenvalue weighted by Gasteiger charge is -2.28. The molecule has 1 aliphatic heterocycles. The Labute approximate surface area is 240 Å². The summed E-state index contributed by atoms with van der Waals surface area (Å²) in [5.41, 5.74) is 9.05. The van der Waals surface area contributed by atoms with Gasteiger partial charge in [-0.25, -0.2) is 9.38 Å². The molecule has 3 unspecified atom stereocenters. The van der Waals surface area contributed by atoms with Gasteiger partial charge in [0.15, 0.2) is 0 Å². The number of nitrogens with zero attached hydrogens (tertiary/aromatic N) is 2. The summed E-state index contributed by atoms with van der Waals surface area (Å²) >= 11 is 0. The van der Waals surface area contributed by atoms with Gasteiger partial charge in [-0.2, -0.15) is 0 Å². The lowest BCUT2D eigenvalue weighted by atomic mass is 9.82. The van der Waals surface area contributed by atoms with Gasteiger partial charge >= 0.3 is 0 Å². The number of hydrogen-bond donors (Lipinski definition) is 2. The maximum atomic E-state index is 14.2. The molecule has 1 heterocycles. The summed E-state index contributed by atoms with van der Waals surface area (Å²) in [5, 5.41) is 2.85. The third-order valence-electron chi connectivity index (χ3n) is 7.12. The number of amides is 3. The first kappa shape index (κ1) is 29.4. The maximum Gasteiger partial charge on any atom is 0.272 e. The third kappa shape index (κ3) is 6.95. The Kier molecular flexibility index (Phi) is 9.45. The molecule has 0 radical (unpaired) electrons. The minimum Gasteiger partial charge on any atom is -0.369 e. The van der Waals surface area contributed by atoms with Crippen molar-refractivity contribution in [3.05, 3.63) is 114 Å². The number of nitrogens with one attached hydrogen (secondary N) is 1. The number of aliphatic imine (C=N–C) groups is 1. The van der Waals surface area contributed by atoms with E-state index in [1.807, 2.05) is 68.4 Å². The standard InChI is InChI=1S/C33H35FN4O3/c1-4-10-25(30(35)39)27(19-21(2)3)32(40)37-31-33(41)38(20-22-15-17-24(34)18-16-22)28-14-9-8-13-26(28)29(36-31)23-11-6-5-7-12-23/h4-9,11-18,21,25,27,31H,1,10,19-20H2,2-3H3,(H2,35,39)(H,37,40). The first-order valence-electron chi connectivity index (χ1n) is 13.7. The minimum atomic E-state index is -1.28. The molecule has 3 aromatic carbocycles. The highest BCUT2D eigenvalue weighted by atomic mass is 19.1. The van der Waals surface area contributed by atoms with Crippen LogP contribution in [0.4, 0.5) is 10.1 Å². The number of anilines is 1. The van der Waals surface area contributed by atoms with Gasteiger partial charge in [0, 0.05) is 11.1 Å². The first-order valence-corrected chi connectivity index (χ1v) is 13.7. The number of primary amides is 1. The van der Waals surface area contributed by atoms with Gasteiger partial charge in [0.2, 0.25) is 18.0 Å².